The van der Waals surface area contributed by atoms with Gasteiger partial charge in [-0.2, -0.15) is 0 Å². The molecule has 3 atom stereocenters. The number of amides is 3. The summed E-state index contributed by atoms with van der Waals surface area (Å²) in [6, 6.07) is 0.827. The lowest BCUT2D eigenvalue weighted by molar-refractivity contribution is -0.142. The second kappa shape index (κ2) is 12.4. The zero-order valence-corrected chi connectivity index (χ0v) is 19.0. The highest BCUT2D eigenvalue weighted by molar-refractivity contribution is 6.03. The van der Waals surface area contributed by atoms with Crippen LogP contribution in [0.5, 0.6) is 11.5 Å². The molecule has 0 radical (unpaired) electrons. The van der Waals surface area contributed by atoms with Crippen LogP contribution in [-0.2, 0) is 14.4 Å². The van der Waals surface area contributed by atoms with Crippen LogP contribution in [0.25, 0.3) is 0 Å². The largest absolute Gasteiger partial charge is 0.493 e. The average Bonchev–Trinajstić information content (AvgIpc) is 2.75. The van der Waals surface area contributed by atoms with Gasteiger partial charge < -0.3 is 36.3 Å². The summed E-state index contributed by atoms with van der Waals surface area (Å²) in [5, 5.41) is 17.3. The second-order valence-corrected chi connectivity index (χ2v) is 7.31. The van der Waals surface area contributed by atoms with E-state index in [-0.39, 0.29) is 24.4 Å². The van der Waals surface area contributed by atoms with Crippen molar-refractivity contribution in [2.75, 3.05) is 19.5 Å². The van der Waals surface area contributed by atoms with E-state index < -0.39 is 35.8 Å². The van der Waals surface area contributed by atoms with Crippen molar-refractivity contribution >= 4 is 29.4 Å². The van der Waals surface area contributed by atoms with Crippen LogP contribution in [0.1, 0.15) is 50.4 Å². The summed E-state index contributed by atoms with van der Waals surface area (Å²) in [6.07, 6.45) is 0.445. The highest BCUT2D eigenvalue weighted by Crippen LogP contribution is 2.34. The van der Waals surface area contributed by atoms with Crippen molar-refractivity contribution in [3.05, 3.63) is 17.7 Å². The summed E-state index contributed by atoms with van der Waals surface area (Å²) in [6.45, 7) is 5.36. The molecular weight excluding hydrogens is 420 g/mol. The third-order valence-corrected chi connectivity index (χ3v) is 4.82. The van der Waals surface area contributed by atoms with E-state index in [1.165, 1.54) is 27.2 Å². The molecule has 0 aliphatic heterocycles. The van der Waals surface area contributed by atoms with Gasteiger partial charge in [-0.25, -0.2) is 4.79 Å². The van der Waals surface area contributed by atoms with Crippen LogP contribution in [0, 0.1) is 0 Å². The molecule has 0 aromatic heterocycles. The van der Waals surface area contributed by atoms with E-state index in [0.717, 1.165) is 6.42 Å². The van der Waals surface area contributed by atoms with Gasteiger partial charge in [-0.05, 0) is 32.8 Å². The van der Waals surface area contributed by atoms with E-state index in [1.807, 2.05) is 13.8 Å². The number of carboxylic acid groups (broad SMARTS) is 1. The van der Waals surface area contributed by atoms with E-state index in [2.05, 4.69) is 16.0 Å². The van der Waals surface area contributed by atoms with Gasteiger partial charge in [0, 0.05) is 18.5 Å². The molecule has 1 aromatic carbocycles. The number of nitrogens with one attached hydrogen (secondary N) is 3. The molecule has 0 saturated carbocycles. The topological polar surface area (TPSA) is 169 Å². The van der Waals surface area contributed by atoms with Gasteiger partial charge in [0.1, 0.15) is 12.1 Å². The third kappa shape index (κ3) is 7.64. The number of carboxylic acids is 1. The zero-order chi connectivity index (χ0) is 24.4. The minimum atomic E-state index is -1.31. The van der Waals surface area contributed by atoms with Crippen molar-refractivity contribution in [1.82, 2.24) is 10.6 Å². The summed E-state index contributed by atoms with van der Waals surface area (Å²) < 4.78 is 10.6. The van der Waals surface area contributed by atoms with Gasteiger partial charge in [0.15, 0.2) is 11.5 Å². The van der Waals surface area contributed by atoms with Crippen LogP contribution in [0.4, 0.5) is 5.69 Å². The van der Waals surface area contributed by atoms with E-state index >= 15 is 0 Å². The van der Waals surface area contributed by atoms with Gasteiger partial charge in [-0.1, -0.05) is 6.92 Å². The molecule has 0 saturated heterocycles. The van der Waals surface area contributed by atoms with Crippen molar-refractivity contribution in [1.29, 1.82) is 0 Å². The molecule has 1 unspecified atom stereocenters. The van der Waals surface area contributed by atoms with Crippen LogP contribution >= 0.6 is 0 Å². The Morgan fingerprint density at radius 2 is 1.66 bits per heavy atom. The summed E-state index contributed by atoms with van der Waals surface area (Å²) >= 11 is 0. The molecule has 3 amide bonds. The predicted molar refractivity (Wildman–Crippen MR) is 118 cm³/mol. The van der Waals surface area contributed by atoms with Crippen molar-refractivity contribution in [2.45, 2.75) is 58.2 Å². The van der Waals surface area contributed by atoms with Gasteiger partial charge in [-0.3, -0.25) is 14.4 Å². The quantitative estimate of drug-likeness (QED) is 0.293. The molecule has 32 heavy (non-hydrogen) atoms. The first-order valence-electron chi connectivity index (χ1n) is 10.2. The van der Waals surface area contributed by atoms with Crippen molar-refractivity contribution < 1.29 is 33.8 Å². The van der Waals surface area contributed by atoms with Crippen LogP contribution in [0.2, 0.25) is 0 Å². The zero-order valence-electron chi connectivity index (χ0n) is 19.0. The number of benzene rings is 1. The van der Waals surface area contributed by atoms with Crippen molar-refractivity contribution in [3.8, 4) is 11.5 Å². The van der Waals surface area contributed by atoms with Crippen molar-refractivity contribution in [2.24, 2.45) is 5.73 Å². The Hall–Kier alpha value is -3.50. The Balaban J connectivity index is 3.04. The SMILES string of the molecule is CCC(C)Nc1cc(OC)c(OC)cc1C(=O)N[C@@H](C)C(=O)N[C@@H](CCC(N)=O)C(=O)O. The van der Waals surface area contributed by atoms with E-state index in [0.29, 0.717) is 17.2 Å². The summed E-state index contributed by atoms with van der Waals surface area (Å²) in [4.78, 5) is 47.6. The lowest BCUT2D eigenvalue weighted by Crippen LogP contribution is -2.50. The van der Waals surface area contributed by atoms with Crippen molar-refractivity contribution in [3.63, 3.8) is 0 Å². The van der Waals surface area contributed by atoms with Crippen LogP contribution < -0.4 is 31.2 Å². The third-order valence-electron chi connectivity index (χ3n) is 4.82. The van der Waals surface area contributed by atoms with E-state index in [9.17, 15) is 24.3 Å². The maximum Gasteiger partial charge on any atom is 0.326 e. The fraction of sp³-hybridized carbons (Fsp3) is 0.524. The molecule has 0 fully saturated rings. The molecule has 0 spiro atoms. The number of rotatable bonds is 13. The fourth-order valence-corrected chi connectivity index (χ4v) is 2.73. The molecule has 6 N–H and O–H groups in total. The Labute approximate surface area is 187 Å². The van der Waals surface area contributed by atoms with Crippen LogP contribution in [0.3, 0.4) is 0 Å². The normalized spacial score (nSPS) is 13.3. The van der Waals surface area contributed by atoms with E-state index in [4.69, 9.17) is 15.2 Å². The molecule has 11 nitrogen and oxygen atoms in total. The number of aliphatic carboxylic acids is 1. The smallest absolute Gasteiger partial charge is 0.326 e. The van der Waals surface area contributed by atoms with Crippen LogP contribution in [0.15, 0.2) is 12.1 Å². The monoisotopic (exact) mass is 452 g/mol. The Morgan fingerprint density at radius 3 is 2.16 bits per heavy atom. The predicted octanol–water partition coefficient (Wildman–Crippen LogP) is 0.867. The molecule has 1 aromatic rings. The standard InChI is InChI=1S/C21H32N4O7/c1-6-11(2)23-15-10-17(32-5)16(31-4)9-13(15)20(28)24-12(3)19(27)25-14(21(29)30)7-8-18(22)26/h9-12,14,23H,6-8H2,1-5H3,(H2,22,26)(H,24,28)(H,25,27)(H,29,30)/t11?,12-,14-/m0/s1. The Bertz CT molecular complexity index is 844. The average molecular weight is 453 g/mol. The minimum Gasteiger partial charge on any atom is -0.493 e. The number of methoxy groups -OCH3 is 2. The number of primary amides is 1. The Kier molecular flexibility index (Phi) is 10.3. The lowest BCUT2D eigenvalue weighted by Gasteiger charge is -2.21. The highest BCUT2D eigenvalue weighted by atomic mass is 16.5. The van der Waals surface area contributed by atoms with Crippen LogP contribution in [-0.4, -0.2) is 61.1 Å². The highest BCUT2D eigenvalue weighted by Gasteiger charge is 2.26. The summed E-state index contributed by atoms with van der Waals surface area (Å²) in [5.74, 6) is -2.50. The van der Waals surface area contributed by atoms with Gasteiger partial charge in [0.2, 0.25) is 11.8 Å². The number of carbonyl (C=O) groups excluding carboxylic acids is 3. The minimum absolute atomic E-state index is 0.0574. The summed E-state index contributed by atoms with van der Waals surface area (Å²) in [7, 11) is 2.92. The molecule has 0 aliphatic rings. The molecule has 0 bridgehead atoms. The molecule has 0 heterocycles. The number of nitrogens with two attached hydrogens (primary N) is 1. The maximum atomic E-state index is 12.9. The number of carbonyl (C=O) groups is 4. The Morgan fingerprint density at radius 1 is 1.06 bits per heavy atom. The van der Waals surface area contributed by atoms with Gasteiger partial charge >= 0.3 is 5.97 Å². The summed E-state index contributed by atoms with van der Waals surface area (Å²) in [5.41, 5.74) is 5.76. The second-order valence-electron chi connectivity index (χ2n) is 7.31. The molecule has 178 valence electrons. The van der Waals surface area contributed by atoms with Gasteiger partial charge in [-0.15, -0.1) is 0 Å². The molecule has 11 heteroatoms. The number of anilines is 1. The molecule has 1 rings (SSSR count). The van der Waals surface area contributed by atoms with E-state index in [1.54, 1.807) is 6.07 Å². The molecule has 0 aliphatic carbocycles. The van der Waals surface area contributed by atoms with Gasteiger partial charge in [0.05, 0.1) is 25.5 Å². The number of hydrogen-bond donors (Lipinski definition) is 5. The number of hydrogen-bond acceptors (Lipinski definition) is 7. The molecular formula is C21H32N4O7. The lowest BCUT2D eigenvalue weighted by atomic mass is 10.1. The first-order chi connectivity index (χ1) is 15.0. The van der Waals surface area contributed by atoms with Gasteiger partial charge in [0.25, 0.3) is 5.91 Å². The first-order valence-corrected chi connectivity index (χ1v) is 10.2. The maximum absolute atomic E-state index is 12.9. The number of ether oxygens (including phenoxy) is 2. The first kappa shape index (κ1) is 26.5. The fourth-order valence-electron chi connectivity index (χ4n) is 2.73.